The number of aromatic nitrogens is 3. The molecular formula is C29H20F2N3+. The number of imidazole rings is 1. The van der Waals surface area contributed by atoms with Crippen molar-refractivity contribution in [1.29, 1.82) is 0 Å². The van der Waals surface area contributed by atoms with E-state index in [0.717, 1.165) is 17.1 Å². The Kier molecular flexibility index (Phi) is 4.88. The van der Waals surface area contributed by atoms with Crippen molar-refractivity contribution in [2.45, 2.75) is 6.54 Å². The molecule has 6 aromatic rings. The third-order valence-electron chi connectivity index (χ3n) is 6.09. The number of fused-ring (bicyclic) bond motifs is 2. The zero-order chi connectivity index (χ0) is 23.1. The number of halogens is 2. The number of H-pyrrole nitrogens is 1. The van der Waals surface area contributed by atoms with Crippen LogP contribution in [0.15, 0.2) is 103 Å². The van der Waals surface area contributed by atoms with E-state index in [4.69, 9.17) is 0 Å². The predicted molar refractivity (Wildman–Crippen MR) is 130 cm³/mol. The molecule has 2 aromatic heterocycles. The lowest BCUT2D eigenvalue weighted by Gasteiger charge is -2.05. The third-order valence-corrected chi connectivity index (χ3v) is 6.09. The van der Waals surface area contributed by atoms with E-state index in [-0.39, 0.29) is 5.56 Å². The predicted octanol–water partition coefficient (Wildman–Crippen LogP) is 6.66. The quantitative estimate of drug-likeness (QED) is 0.300. The molecule has 0 fully saturated rings. The van der Waals surface area contributed by atoms with Gasteiger partial charge in [0.05, 0.1) is 5.56 Å². The Bertz CT molecular complexity index is 1650. The zero-order valence-electron chi connectivity index (χ0n) is 18.2. The number of nitrogens with one attached hydrogen (secondary N) is 1. The maximum absolute atomic E-state index is 14.2. The van der Waals surface area contributed by atoms with E-state index in [9.17, 15) is 8.78 Å². The first kappa shape index (κ1) is 20.2. The van der Waals surface area contributed by atoms with Gasteiger partial charge in [0.1, 0.15) is 16.9 Å². The summed E-state index contributed by atoms with van der Waals surface area (Å²) in [4.78, 5) is 7.54. The molecule has 3 nitrogen and oxygen atoms in total. The number of aromatic amines is 1. The van der Waals surface area contributed by atoms with Crippen LogP contribution in [0.4, 0.5) is 8.78 Å². The van der Waals surface area contributed by atoms with Crippen molar-refractivity contribution < 1.29 is 13.3 Å². The topological polar surface area (TPSA) is 32.6 Å². The van der Waals surface area contributed by atoms with Gasteiger partial charge in [0.2, 0.25) is 0 Å². The largest absolute Gasteiger partial charge is 0.333 e. The van der Waals surface area contributed by atoms with Gasteiger partial charge in [-0.2, -0.15) is 4.57 Å². The molecule has 6 rings (SSSR count). The van der Waals surface area contributed by atoms with Crippen molar-refractivity contribution in [2.75, 3.05) is 0 Å². The van der Waals surface area contributed by atoms with Crippen molar-refractivity contribution in [1.82, 2.24) is 9.97 Å². The van der Waals surface area contributed by atoms with Crippen molar-refractivity contribution in [3.05, 3.63) is 121 Å². The second-order valence-corrected chi connectivity index (χ2v) is 8.36. The van der Waals surface area contributed by atoms with Crippen LogP contribution in [0.5, 0.6) is 0 Å². The van der Waals surface area contributed by atoms with E-state index in [1.165, 1.54) is 34.0 Å². The van der Waals surface area contributed by atoms with Gasteiger partial charge in [-0.3, -0.25) is 0 Å². The lowest BCUT2D eigenvalue weighted by molar-refractivity contribution is -0.687. The van der Waals surface area contributed by atoms with Gasteiger partial charge in [-0.1, -0.05) is 66.7 Å². The number of nitrogens with zero attached hydrogens (tertiary/aromatic N) is 2. The molecule has 5 heteroatoms. The van der Waals surface area contributed by atoms with Gasteiger partial charge in [-0.05, 0) is 40.1 Å². The molecule has 0 aliphatic heterocycles. The highest BCUT2D eigenvalue weighted by Gasteiger charge is 2.15. The molecule has 0 spiro atoms. The zero-order valence-corrected chi connectivity index (χ0v) is 18.2. The lowest BCUT2D eigenvalue weighted by atomic mass is 10.0. The van der Waals surface area contributed by atoms with Gasteiger partial charge in [-0.25, -0.2) is 13.8 Å². The van der Waals surface area contributed by atoms with Gasteiger partial charge in [0.15, 0.2) is 30.6 Å². The Morgan fingerprint density at radius 2 is 1.56 bits per heavy atom. The normalized spacial score (nSPS) is 11.4. The molecule has 0 atom stereocenters. The molecule has 2 heterocycles. The summed E-state index contributed by atoms with van der Waals surface area (Å²) in [5.41, 5.74) is 5.09. The van der Waals surface area contributed by atoms with Crippen LogP contribution in [0.2, 0.25) is 0 Å². The summed E-state index contributed by atoms with van der Waals surface area (Å²) in [5, 5.41) is 2.46. The van der Waals surface area contributed by atoms with Gasteiger partial charge >= 0.3 is 0 Å². The van der Waals surface area contributed by atoms with Crippen LogP contribution < -0.4 is 4.57 Å². The van der Waals surface area contributed by atoms with Crippen LogP contribution in [0.25, 0.3) is 44.3 Å². The van der Waals surface area contributed by atoms with Crippen molar-refractivity contribution in [2.24, 2.45) is 0 Å². The van der Waals surface area contributed by atoms with Crippen molar-refractivity contribution >= 4 is 21.8 Å². The molecule has 0 unspecified atom stereocenters. The van der Waals surface area contributed by atoms with E-state index in [2.05, 4.69) is 76.7 Å². The smallest absolute Gasteiger partial charge is 0.195 e. The molecule has 0 bridgehead atoms. The number of hydrogen-bond donors (Lipinski definition) is 1. The lowest BCUT2D eigenvalue weighted by Crippen LogP contribution is -2.33. The Hall–Kier alpha value is -4.38. The van der Waals surface area contributed by atoms with Crippen molar-refractivity contribution in [3.8, 4) is 22.5 Å². The fraction of sp³-hybridized carbons (Fsp3) is 0.0345. The van der Waals surface area contributed by atoms with Crippen LogP contribution in [0.1, 0.15) is 5.56 Å². The monoisotopic (exact) mass is 448 g/mol. The molecule has 0 aliphatic rings. The minimum Gasteiger partial charge on any atom is -0.333 e. The first-order valence-electron chi connectivity index (χ1n) is 11.1. The van der Waals surface area contributed by atoms with Gasteiger partial charge in [0, 0.05) is 11.6 Å². The molecule has 34 heavy (non-hydrogen) atoms. The van der Waals surface area contributed by atoms with Gasteiger partial charge in [0.25, 0.3) is 0 Å². The maximum Gasteiger partial charge on any atom is 0.195 e. The fourth-order valence-electron chi connectivity index (χ4n) is 4.30. The second-order valence-electron chi connectivity index (χ2n) is 8.36. The van der Waals surface area contributed by atoms with E-state index < -0.39 is 11.6 Å². The van der Waals surface area contributed by atoms with E-state index >= 15 is 0 Å². The average molecular weight is 448 g/mol. The van der Waals surface area contributed by atoms with Crippen LogP contribution in [0.3, 0.4) is 0 Å². The first-order chi connectivity index (χ1) is 16.6. The Morgan fingerprint density at radius 3 is 2.41 bits per heavy atom. The molecule has 1 N–H and O–H groups in total. The van der Waals surface area contributed by atoms with Gasteiger partial charge < -0.3 is 4.98 Å². The SMILES string of the molecule is Fc1cccc(-c2nc3cc[n+](Cc4ccc(-c5ccc6ccccc6c5)cc4)cc3[nH]2)c1F. The van der Waals surface area contributed by atoms with Crippen LogP contribution in [-0.2, 0) is 6.54 Å². The summed E-state index contributed by atoms with van der Waals surface area (Å²) in [6, 6.07) is 29.4. The number of pyridine rings is 1. The molecule has 0 saturated carbocycles. The maximum atomic E-state index is 14.2. The van der Waals surface area contributed by atoms with Crippen LogP contribution >= 0.6 is 0 Å². The van der Waals surface area contributed by atoms with Crippen LogP contribution in [0, 0.1) is 11.6 Å². The van der Waals surface area contributed by atoms with E-state index in [1.54, 1.807) is 0 Å². The third kappa shape index (κ3) is 3.71. The highest BCUT2D eigenvalue weighted by atomic mass is 19.2. The summed E-state index contributed by atoms with van der Waals surface area (Å²) >= 11 is 0. The Balaban J connectivity index is 1.25. The summed E-state index contributed by atoms with van der Waals surface area (Å²) in [5.74, 6) is -1.48. The second kappa shape index (κ2) is 8.19. The highest BCUT2D eigenvalue weighted by Crippen LogP contribution is 2.26. The molecular weight excluding hydrogens is 428 g/mol. The summed E-state index contributed by atoms with van der Waals surface area (Å²) < 4.78 is 29.8. The summed E-state index contributed by atoms with van der Waals surface area (Å²) in [7, 11) is 0. The first-order valence-corrected chi connectivity index (χ1v) is 11.1. The van der Waals surface area contributed by atoms with E-state index in [0.29, 0.717) is 17.9 Å². The van der Waals surface area contributed by atoms with E-state index in [1.807, 2.05) is 23.0 Å². The number of benzene rings is 4. The molecule has 4 aromatic carbocycles. The fourth-order valence-corrected chi connectivity index (χ4v) is 4.30. The molecule has 0 radical (unpaired) electrons. The Morgan fingerprint density at radius 1 is 0.765 bits per heavy atom. The molecule has 0 aliphatic carbocycles. The number of rotatable bonds is 4. The molecule has 164 valence electrons. The van der Waals surface area contributed by atoms with Crippen molar-refractivity contribution in [3.63, 3.8) is 0 Å². The molecule has 0 saturated heterocycles. The average Bonchev–Trinajstić information content (AvgIpc) is 3.29. The minimum absolute atomic E-state index is 0.118. The minimum atomic E-state index is -0.902. The molecule has 0 amide bonds. The van der Waals surface area contributed by atoms with Gasteiger partial charge in [-0.15, -0.1) is 0 Å². The summed E-state index contributed by atoms with van der Waals surface area (Å²) in [6.07, 6.45) is 3.87. The Labute approximate surface area is 195 Å². The van der Waals surface area contributed by atoms with Crippen LogP contribution in [-0.4, -0.2) is 9.97 Å². The number of hydrogen-bond acceptors (Lipinski definition) is 1. The standard InChI is InChI=1S/C29H19F2N3/c30-25-7-3-6-24(28(25)31)29-32-26-14-15-34(18-27(26)33-29)17-19-8-10-21(11-9-19)23-13-12-20-4-1-2-5-22(20)16-23/h1-16,18H,17H2/p+1. The summed E-state index contributed by atoms with van der Waals surface area (Å²) in [6.45, 7) is 0.677. The highest BCUT2D eigenvalue weighted by molar-refractivity contribution is 5.87.